The molecular weight excluding hydrogens is 306 g/mol. The average Bonchev–Trinajstić information content (AvgIpc) is 2.62. The van der Waals surface area contributed by atoms with Gasteiger partial charge in [-0.3, -0.25) is 4.79 Å². The van der Waals surface area contributed by atoms with Crippen molar-refractivity contribution in [2.45, 2.75) is 19.8 Å². The Morgan fingerprint density at radius 2 is 1.92 bits per heavy atom. The molecule has 0 aliphatic rings. The lowest BCUT2D eigenvalue weighted by Crippen LogP contribution is -2.13. The fourth-order valence-corrected chi connectivity index (χ4v) is 2.14. The lowest BCUT2D eigenvalue weighted by Gasteiger charge is -2.11. The number of methoxy groups -OCH3 is 2. The Balaban J connectivity index is 2.01. The normalized spacial score (nSPS) is 10.1. The Bertz CT molecular complexity index is 672. The van der Waals surface area contributed by atoms with Gasteiger partial charge in [0.15, 0.2) is 11.5 Å². The van der Waals surface area contributed by atoms with Crippen molar-refractivity contribution in [3.8, 4) is 11.5 Å². The maximum atomic E-state index is 12.3. The number of carbonyl (C=O) groups excluding carboxylic acids is 1. The zero-order valence-electron chi connectivity index (χ0n) is 14.3. The molecule has 0 saturated carbocycles. The van der Waals surface area contributed by atoms with Crippen LogP contribution >= 0.6 is 0 Å². The zero-order valence-corrected chi connectivity index (χ0v) is 14.3. The maximum absolute atomic E-state index is 12.3. The number of ether oxygens (including phenoxy) is 2. The number of amides is 1. The van der Waals surface area contributed by atoms with E-state index in [4.69, 9.17) is 9.47 Å². The summed E-state index contributed by atoms with van der Waals surface area (Å²) >= 11 is 0. The summed E-state index contributed by atoms with van der Waals surface area (Å²) in [4.78, 5) is 16.6. The Morgan fingerprint density at radius 1 is 1.12 bits per heavy atom. The first-order valence-corrected chi connectivity index (χ1v) is 7.91. The Labute approximate surface area is 142 Å². The lowest BCUT2D eigenvalue weighted by atomic mass is 10.2. The summed E-state index contributed by atoms with van der Waals surface area (Å²) in [6.45, 7) is 3.01. The van der Waals surface area contributed by atoms with Crippen LogP contribution in [0.2, 0.25) is 0 Å². The SMILES string of the molecule is CCCCNc1ccc(C(=O)Nc2ccc(OC)c(OC)c2)cn1. The minimum atomic E-state index is -0.227. The lowest BCUT2D eigenvalue weighted by molar-refractivity contribution is 0.102. The standard InChI is InChI=1S/C18H23N3O3/c1-4-5-10-19-17-9-6-13(12-20-17)18(22)21-14-7-8-15(23-2)16(11-14)24-3/h6-9,11-12H,4-5,10H2,1-3H3,(H,19,20)(H,21,22). The monoisotopic (exact) mass is 329 g/mol. The molecule has 0 aliphatic heterocycles. The van der Waals surface area contributed by atoms with Crippen LogP contribution in [0.4, 0.5) is 11.5 Å². The van der Waals surface area contributed by atoms with Gasteiger partial charge < -0.3 is 20.1 Å². The third kappa shape index (κ3) is 4.62. The number of rotatable bonds is 8. The number of aromatic nitrogens is 1. The van der Waals surface area contributed by atoms with Gasteiger partial charge >= 0.3 is 0 Å². The van der Waals surface area contributed by atoms with Gasteiger partial charge in [-0.1, -0.05) is 13.3 Å². The van der Waals surface area contributed by atoms with E-state index >= 15 is 0 Å². The highest BCUT2D eigenvalue weighted by Crippen LogP contribution is 2.29. The highest BCUT2D eigenvalue weighted by atomic mass is 16.5. The van der Waals surface area contributed by atoms with Gasteiger partial charge in [-0.25, -0.2) is 4.98 Å². The number of pyridine rings is 1. The van der Waals surface area contributed by atoms with E-state index in [1.165, 1.54) is 0 Å². The van der Waals surface area contributed by atoms with E-state index < -0.39 is 0 Å². The highest BCUT2D eigenvalue weighted by Gasteiger charge is 2.09. The Morgan fingerprint density at radius 3 is 2.54 bits per heavy atom. The summed E-state index contributed by atoms with van der Waals surface area (Å²) < 4.78 is 10.4. The molecule has 6 nitrogen and oxygen atoms in total. The molecule has 1 aromatic carbocycles. The van der Waals surface area contributed by atoms with E-state index in [9.17, 15) is 4.79 Å². The minimum Gasteiger partial charge on any atom is -0.493 e. The van der Waals surface area contributed by atoms with Crippen molar-refractivity contribution in [1.82, 2.24) is 4.98 Å². The quantitative estimate of drug-likeness (QED) is 0.725. The zero-order chi connectivity index (χ0) is 17.4. The third-order valence-corrected chi connectivity index (χ3v) is 3.50. The fourth-order valence-electron chi connectivity index (χ4n) is 2.14. The summed E-state index contributed by atoms with van der Waals surface area (Å²) in [5.41, 5.74) is 1.12. The van der Waals surface area contributed by atoms with E-state index in [-0.39, 0.29) is 5.91 Å². The molecule has 6 heteroatoms. The highest BCUT2D eigenvalue weighted by molar-refractivity contribution is 6.04. The van der Waals surface area contributed by atoms with Crippen LogP contribution in [0, 0.1) is 0 Å². The number of nitrogens with zero attached hydrogens (tertiary/aromatic N) is 1. The van der Waals surface area contributed by atoms with Crippen molar-refractivity contribution in [3.05, 3.63) is 42.1 Å². The van der Waals surface area contributed by atoms with E-state index in [1.54, 1.807) is 50.7 Å². The predicted octanol–water partition coefficient (Wildman–Crippen LogP) is 3.56. The molecule has 2 N–H and O–H groups in total. The molecule has 0 atom stereocenters. The van der Waals surface area contributed by atoms with Gasteiger partial charge in [0.2, 0.25) is 0 Å². The summed E-state index contributed by atoms with van der Waals surface area (Å²) in [5.74, 6) is 1.71. The average molecular weight is 329 g/mol. The number of nitrogens with one attached hydrogen (secondary N) is 2. The maximum Gasteiger partial charge on any atom is 0.257 e. The number of hydrogen-bond donors (Lipinski definition) is 2. The largest absolute Gasteiger partial charge is 0.493 e. The van der Waals surface area contributed by atoms with E-state index in [0.29, 0.717) is 22.7 Å². The Kier molecular flexibility index (Phi) is 6.42. The topological polar surface area (TPSA) is 72.5 Å². The molecule has 0 aliphatic carbocycles. The molecule has 1 amide bonds. The molecule has 1 aromatic heterocycles. The van der Waals surface area contributed by atoms with Gasteiger partial charge in [0.05, 0.1) is 19.8 Å². The second-order valence-electron chi connectivity index (χ2n) is 5.24. The van der Waals surface area contributed by atoms with Gasteiger partial charge in [-0.05, 0) is 30.7 Å². The third-order valence-electron chi connectivity index (χ3n) is 3.50. The molecule has 0 bridgehead atoms. The summed E-state index contributed by atoms with van der Waals surface area (Å²) in [7, 11) is 3.12. The van der Waals surface area contributed by atoms with Gasteiger partial charge in [0.25, 0.3) is 5.91 Å². The van der Waals surface area contributed by atoms with Gasteiger partial charge in [0.1, 0.15) is 5.82 Å². The molecule has 0 radical (unpaired) electrons. The smallest absolute Gasteiger partial charge is 0.257 e. The van der Waals surface area contributed by atoms with Gasteiger partial charge in [-0.2, -0.15) is 0 Å². The number of benzene rings is 1. The van der Waals surface area contributed by atoms with Crippen molar-refractivity contribution < 1.29 is 14.3 Å². The number of unbranched alkanes of at least 4 members (excludes halogenated alkanes) is 1. The van der Waals surface area contributed by atoms with Gasteiger partial charge in [0, 0.05) is 24.5 Å². The van der Waals surface area contributed by atoms with Crippen LogP contribution in [0.25, 0.3) is 0 Å². The van der Waals surface area contributed by atoms with Crippen molar-refractivity contribution in [3.63, 3.8) is 0 Å². The number of anilines is 2. The van der Waals surface area contributed by atoms with Crippen molar-refractivity contribution in [2.75, 3.05) is 31.4 Å². The second-order valence-corrected chi connectivity index (χ2v) is 5.24. The summed E-state index contributed by atoms with van der Waals surface area (Å²) in [6.07, 6.45) is 3.77. The Hall–Kier alpha value is -2.76. The first-order chi connectivity index (χ1) is 11.7. The van der Waals surface area contributed by atoms with Crippen LogP contribution in [0.5, 0.6) is 11.5 Å². The minimum absolute atomic E-state index is 0.227. The molecule has 0 fully saturated rings. The van der Waals surface area contributed by atoms with Crippen LogP contribution in [0.15, 0.2) is 36.5 Å². The molecule has 2 rings (SSSR count). The van der Waals surface area contributed by atoms with E-state index in [2.05, 4.69) is 22.5 Å². The predicted molar refractivity (Wildman–Crippen MR) is 95.1 cm³/mol. The van der Waals surface area contributed by atoms with Crippen molar-refractivity contribution in [1.29, 1.82) is 0 Å². The first-order valence-electron chi connectivity index (χ1n) is 7.91. The molecule has 24 heavy (non-hydrogen) atoms. The van der Waals surface area contributed by atoms with E-state index in [1.807, 2.05) is 0 Å². The molecule has 0 spiro atoms. The summed E-state index contributed by atoms with van der Waals surface area (Å²) in [6, 6.07) is 8.77. The van der Waals surface area contributed by atoms with Gasteiger partial charge in [-0.15, -0.1) is 0 Å². The molecule has 0 saturated heterocycles. The number of carbonyl (C=O) groups is 1. The van der Waals surface area contributed by atoms with Crippen molar-refractivity contribution >= 4 is 17.4 Å². The molecule has 1 heterocycles. The molecular formula is C18H23N3O3. The summed E-state index contributed by atoms with van der Waals surface area (Å²) in [5, 5.41) is 6.04. The van der Waals surface area contributed by atoms with Crippen molar-refractivity contribution in [2.24, 2.45) is 0 Å². The van der Waals surface area contributed by atoms with E-state index in [0.717, 1.165) is 25.2 Å². The van der Waals surface area contributed by atoms with Crippen LogP contribution in [0.3, 0.4) is 0 Å². The van der Waals surface area contributed by atoms with Crippen LogP contribution < -0.4 is 20.1 Å². The first kappa shape index (κ1) is 17.6. The molecule has 128 valence electrons. The number of hydrogen-bond acceptors (Lipinski definition) is 5. The second kappa shape index (κ2) is 8.76. The molecule has 2 aromatic rings. The van der Waals surface area contributed by atoms with Crippen LogP contribution in [0.1, 0.15) is 30.1 Å². The van der Waals surface area contributed by atoms with Crippen LogP contribution in [-0.4, -0.2) is 31.7 Å². The fraction of sp³-hybridized carbons (Fsp3) is 0.333. The van der Waals surface area contributed by atoms with Crippen LogP contribution in [-0.2, 0) is 0 Å². The molecule has 0 unspecified atom stereocenters.